The van der Waals surface area contributed by atoms with Crippen molar-refractivity contribution in [3.8, 4) is 11.1 Å². The van der Waals surface area contributed by atoms with Crippen molar-refractivity contribution in [2.75, 3.05) is 5.32 Å². The molecule has 2 aromatic carbocycles. The van der Waals surface area contributed by atoms with Gasteiger partial charge in [-0.05, 0) is 47.4 Å². The lowest BCUT2D eigenvalue weighted by Crippen LogP contribution is -2.41. The number of anilines is 1. The summed E-state index contributed by atoms with van der Waals surface area (Å²) >= 11 is 1.58. The van der Waals surface area contributed by atoms with Crippen LogP contribution in [0.3, 0.4) is 0 Å². The van der Waals surface area contributed by atoms with Crippen molar-refractivity contribution >= 4 is 22.9 Å². The summed E-state index contributed by atoms with van der Waals surface area (Å²) in [5.41, 5.74) is 5.78. The number of amides is 1. The van der Waals surface area contributed by atoms with Gasteiger partial charge in [-0.3, -0.25) is 14.8 Å². The van der Waals surface area contributed by atoms with Crippen molar-refractivity contribution in [2.45, 2.75) is 19.0 Å². The number of carbonyl (C=O) groups is 1. The van der Waals surface area contributed by atoms with Crippen LogP contribution in [0.5, 0.6) is 0 Å². The minimum Gasteiger partial charge on any atom is -0.325 e. The molecular formula is C24H22N4OS. The second-order valence-corrected chi connectivity index (χ2v) is 7.87. The van der Waals surface area contributed by atoms with Crippen LogP contribution in [0.25, 0.3) is 11.1 Å². The van der Waals surface area contributed by atoms with Gasteiger partial charge in [-0.15, -0.1) is 11.3 Å². The summed E-state index contributed by atoms with van der Waals surface area (Å²) in [7, 11) is 0. The Morgan fingerprint density at radius 2 is 1.77 bits per heavy atom. The molecule has 2 heterocycles. The van der Waals surface area contributed by atoms with E-state index in [9.17, 15) is 4.79 Å². The molecule has 0 saturated carbocycles. The summed E-state index contributed by atoms with van der Waals surface area (Å²) in [6.07, 6.45) is 5.96. The Morgan fingerprint density at radius 3 is 2.53 bits per heavy atom. The monoisotopic (exact) mass is 414 g/mol. The van der Waals surface area contributed by atoms with Crippen LogP contribution < -0.4 is 10.6 Å². The van der Waals surface area contributed by atoms with Gasteiger partial charge >= 0.3 is 0 Å². The summed E-state index contributed by atoms with van der Waals surface area (Å²) in [6, 6.07) is 21.4. The summed E-state index contributed by atoms with van der Waals surface area (Å²) in [5, 5.41) is 6.46. The Bertz CT molecular complexity index is 1070. The standard InChI is InChI=1S/C24H22N4OS/c29-24(28-21-8-4-7-20(14-21)19-9-11-25-12-10-19)23(13-18-5-2-1-3-6-18)27-16-22-15-26-17-30-22/h1-12,14-15,17,23,27H,13,16H2,(H,28,29)/t23-/m0/s1. The second-order valence-electron chi connectivity index (χ2n) is 6.90. The van der Waals surface area contributed by atoms with Gasteiger partial charge in [0.2, 0.25) is 5.91 Å². The molecule has 2 N–H and O–H groups in total. The molecule has 0 radical (unpaired) electrons. The van der Waals surface area contributed by atoms with E-state index < -0.39 is 0 Å². The molecule has 150 valence electrons. The molecule has 0 unspecified atom stereocenters. The smallest absolute Gasteiger partial charge is 0.241 e. The van der Waals surface area contributed by atoms with Crippen LogP contribution in [0.1, 0.15) is 10.4 Å². The fraction of sp³-hybridized carbons (Fsp3) is 0.125. The zero-order valence-corrected chi connectivity index (χ0v) is 17.2. The van der Waals surface area contributed by atoms with Gasteiger partial charge in [0.05, 0.1) is 11.6 Å². The van der Waals surface area contributed by atoms with Crippen molar-refractivity contribution in [2.24, 2.45) is 0 Å². The average Bonchev–Trinajstić information content (AvgIpc) is 3.32. The van der Waals surface area contributed by atoms with Crippen LogP contribution >= 0.6 is 11.3 Å². The molecule has 6 heteroatoms. The highest BCUT2D eigenvalue weighted by Gasteiger charge is 2.19. The molecule has 0 aliphatic rings. The number of nitrogens with one attached hydrogen (secondary N) is 2. The van der Waals surface area contributed by atoms with Gasteiger partial charge in [0, 0.05) is 35.7 Å². The minimum absolute atomic E-state index is 0.0600. The maximum absolute atomic E-state index is 13.1. The molecule has 1 atom stereocenters. The number of pyridine rings is 1. The number of hydrogen-bond acceptors (Lipinski definition) is 5. The Morgan fingerprint density at radius 1 is 0.933 bits per heavy atom. The molecule has 30 heavy (non-hydrogen) atoms. The number of nitrogens with zero attached hydrogens (tertiary/aromatic N) is 2. The fourth-order valence-corrected chi connectivity index (χ4v) is 3.76. The Kier molecular flexibility index (Phi) is 6.59. The van der Waals surface area contributed by atoms with Crippen molar-refractivity contribution in [1.82, 2.24) is 15.3 Å². The number of rotatable bonds is 8. The van der Waals surface area contributed by atoms with Gasteiger partial charge in [0.25, 0.3) is 0 Å². The largest absolute Gasteiger partial charge is 0.325 e. The highest BCUT2D eigenvalue weighted by molar-refractivity contribution is 7.09. The van der Waals surface area contributed by atoms with Gasteiger partial charge in [-0.2, -0.15) is 0 Å². The van der Waals surface area contributed by atoms with E-state index in [0.717, 1.165) is 27.3 Å². The SMILES string of the molecule is O=C(Nc1cccc(-c2ccncc2)c1)[C@H](Cc1ccccc1)NCc1cncs1. The normalized spacial score (nSPS) is 11.7. The Labute approximate surface area is 179 Å². The molecule has 5 nitrogen and oxygen atoms in total. The van der Waals surface area contributed by atoms with E-state index in [4.69, 9.17) is 0 Å². The molecule has 4 rings (SSSR count). The topological polar surface area (TPSA) is 66.9 Å². The van der Waals surface area contributed by atoms with Gasteiger partial charge in [0.15, 0.2) is 0 Å². The molecule has 1 amide bonds. The van der Waals surface area contributed by atoms with Crippen LogP contribution in [0.4, 0.5) is 5.69 Å². The zero-order valence-electron chi connectivity index (χ0n) is 16.4. The van der Waals surface area contributed by atoms with Gasteiger partial charge in [0.1, 0.15) is 0 Å². The third-order valence-electron chi connectivity index (χ3n) is 4.75. The Hall–Kier alpha value is -3.35. The molecule has 2 aromatic heterocycles. The van der Waals surface area contributed by atoms with E-state index in [1.165, 1.54) is 0 Å². The molecule has 0 spiro atoms. The van der Waals surface area contributed by atoms with Gasteiger partial charge in [-0.25, -0.2) is 0 Å². The minimum atomic E-state index is -0.362. The van der Waals surface area contributed by atoms with E-state index in [0.29, 0.717) is 13.0 Å². The number of thiazole rings is 1. The van der Waals surface area contributed by atoms with E-state index in [-0.39, 0.29) is 11.9 Å². The first-order valence-electron chi connectivity index (χ1n) is 9.74. The van der Waals surface area contributed by atoms with E-state index in [1.54, 1.807) is 29.2 Å². The van der Waals surface area contributed by atoms with Gasteiger partial charge < -0.3 is 10.6 Å². The summed E-state index contributed by atoms with van der Waals surface area (Å²) in [4.78, 5) is 22.4. The molecule has 0 aliphatic heterocycles. The highest BCUT2D eigenvalue weighted by Crippen LogP contribution is 2.22. The lowest BCUT2D eigenvalue weighted by Gasteiger charge is -2.19. The summed E-state index contributed by atoms with van der Waals surface area (Å²) < 4.78 is 0. The first kappa shape index (κ1) is 19.9. The number of carbonyl (C=O) groups excluding carboxylic acids is 1. The number of aromatic nitrogens is 2. The molecule has 0 saturated heterocycles. The maximum Gasteiger partial charge on any atom is 0.241 e. The van der Waals surface area contributed by atoms with Crippen LogP contribution in [-0.4, -0.2) is 21.9 Å². The van der Waals surface area contributed by atoms with E-state index in [1.807, 2.05) is 72.9 Å². The predicted octanol–water partition coefficient (Wildman–Crippen LogP) is 4.54. The first-order valence-corrected chi connectivity index (χ1v) is 10.6. The van der Waals surface area contributed by atoms with Crippen molar-refractivity contribution in [3.05, 3.63) is 101 Å². The van der Waals surface area contributed by atoms with Crippen molar-refractivity contribution in [3.63, 3.8) is 0 Å². The summed E-state index contributed by atoms with van der Waals surface area (Å²) in [5.74, 6) is -0.0600. The predicted molar refractivity (Wildman–Crippen MR) is 121 cm³/mol. The van der Waals surface area contributed by atoms with Crippen LogP contribution in [0.15, 0.2) is 90.8 Å². The average molecular weight is 415 g/mol. The molecule has 0 fully saturated rings. The fourth-order valence-electron chi connectivity index (χ4n) is 3.21. The number of benzene rings is 2. The zero-order chi connectivity index (χ0) is 20.6. The quantitative estimate of drug-likeness (QED) is 0.444. The third kappa shape index (κ3) is 5.37. The molecule has 0 aliphatic carbocycles. The summed E-state index contributed by atoms with van der Waals surface area (Å²) in [6.45, 7) is 0.604. The molecular weight excluding hydrogens is 392 g/mol. The lowest BCUT2D eigenvalue weighted by atomic mass is 10.0. The molecule has 4 aromatic rings. The Balaban J connectivity index is 1.49. The van der Waals surface area contributed by atoms with Crippen LogP contribution in [0.2, 0.25) is 0 Å². The number of hydrogen-bond donors (Lipinski definition) is 2. The lowest BCUT2D eigenvalue weighted by molar-refractivity contribution is -0.118. The highest BCUT2D eigenvalue weighted by atomic mass is 32.1. The van der Waals surface area contributed by atoms with Crippen LogP contribution in [-0.2, 0) is 17.8 Å². The van der Waals surface area contributed by atoms with Crippen LogP contribution in [0, 0.1) is 0 Å². The van der Waals surface area contributed by atoms with Gasteiger partial charge in [-0.1, -0.05) is 42.5 Å². The molecule has 0 bridgehead atoms. The first-order chi connectivity index (χ1) is 14.8. The second kappa shape index (κ2) is 9.91. The van der Waals surface area contributed by atoms with E-state index in [2.05, 4.69) is 20.6 Å². The van der Waals surface area contributed by atoms with E-state index >= 15 is 0 Å². The van der Waals surface area contributed by atoms with Crippen molar-refractivity contribution in [1.29, 1.82) is 0 Å². The van der Waals surface area contributed by atoms with Crippen molar-refractivity contribution < 1.29 is 4.79 Å². The maximum atomic E-state index is 13.1. The third-order valence-corrected chi connectivity index (χ3v) is 5.53.